The summed E-state index contributed by atoms with van der Waals surface area (Å²) in [4.78, 5) is 13.4. The zero-order chi connectivity index (χ0) is 13.0. The second-order valence-corrected chi connectivity index (χ2v) is 4.77. The molecule has 0 aliphatic rings. The number of hydrogen-bond acceptors (Lipinski definition) is 3. The molecule has 1 N–H and O–H groups in total. The quantitative estimate of drug-likeness (QED) is 0.669. The van der Waals surface area contributed by atoms with E-state index in [0.717, 1.165) is 16.1 Å². The Labute approximate surface area is 111 Å². The number of rotatable bonds is 4. The lowest BCUT2D eigenvalue weighted by Crippen LogP contribution is -2.01. The number of hydrogen-bond donors (Lipinski definition) is 1. The highest BCUT2D eigenvalue weighted by Crippen LogP contribution is 2.18. The van der Waals surface area contributed by atoms with E-state index in [1.807, 2.05) is 61.8 Å². The van der Waals surface area contributed by atoms with Crippen LogP contribution in [0.4, 0.5) is 5.69 Å². The Kier molecular flexibility index (Phi) is 4.05. The Balaban J connectivity index is 2.29. The van der Waals surface area contributed by atoms with E-state index in [1.54, 1.807) is 11.8 Å². The third-order valence-electron chi connectivity index (χ3n) is 2.77. The van der Waals surface area contributed by atoms with E-state index in [4.69, 9.17) is 0 Å². The van der Waals surface area contributed by atoms with Crippen LogP contribution in [-0.4, -0.2) is 19.1 Å². The van der Waals surface area contributed by atoms with Gasteiger partial charge in [0.1, 0.15) is 0 Å². The lowest BCUT2D eigenvalue weighted by Gasteiger charge is -2.05. The van der Waals surface area contributed by atoms with Crippen LogP contribution in [0.2, 0.25) is 0 Å². The highest BCUT2D eigenvalue weighted by molar-refractivity contribution is 7.98. The summed E-state index contributed by atoms with van der Waals surface area (Å²) in [5.74, 6) is 0.0553. The van der Waals surface area contributed by atoms with Crippen LogP contribution in [-0.2, 0) is 0 Å². The lowest BCUT2D eigenvalue weighted by molar-refractivity contribution is 0.103. The summed E-state index contributed by atoms with van der Waals surface area (Å²) < 4.78 is 0. The van der Waals surface area contributed by atoms with E-state index in [2.05, 4.69) is 5.32 Å². The molecule has 0 spiro atoms. The lowest BCUT2D eigenvalue weighted by atomic mass is 10.0. The van der Waals surface area contributed by atoms with Crippen LogP contribution in [0.15, 0.2) is 53.4 Å². The molecule has 2 aromatic carbocycles. The summed E-state index contributed by atoms with van der Waals surface area (Å²) in [5, 5.41) is 3.04. The fourth-order valence-corrected chi connectivity index (χ4v) is 2.13. The molecule has 18 heavy (non-hydrogen) atoms. The molecule has 0 atom stereocenters. The highest BCUT2D eigenvalue weighted by Gasteiger charge is 2.09. The number of benzene rings is 2. The van der Waals surface area contributed by atoms with E-state index in [-0.39, 0.29) is 5.78 Å². The molecule has 0 saturated carbocycles. The van der Waals surface area contributed by atoms with Gasteiger partial charge in [-0.1, -0.05) is 12.1 Å². The normalized spacial score (nSPS) is 10.1. The zero-order valence-electron chi connectivity index (χ0n) is 10.4. The van der Waals surface area contributed by atoms with E-state index in [9.17, 15) is 4.79 Å². The SMILES string of the molecule is CNc1cccc(C(=O)c2ccc(SC)cc2)c1. The number of thioether (sulfide) groups is 1. The van der Waals surface area contributed by atoms with Gasteiger partial charge in [-0.25, -0.2) is 0 Å². The van der Waals surface area contributed by atoms with Crippen molar-refractivity contribution < 1.29 is 4.79 Å². The number of nitrogens with one attached hydrogen (secondary N) is 1. The van der Waals surface area contributed by atoms with Crippen molar-refractivity contribution in [1.82, 2.24) is 0 Å². The number of ketones is 1. The molecule has 2 rings (SSSR count). The first kappa shape index (κ1) is 12.7. The van der Waals surface area contributed by atoms with Crippen LogP contribution in [0.3, 0.4) is 0 Å². The number of carbonyl (C=O) groups is 1. The van der Waals surface area contributed by atoms with Gasteiger partial charge in [0.05, 0.1) is 0 Å². The molecular formula is C15H15NOS. The largest absolute Gasteiger partial charge is 0.388 e. The molecular weight excluding hydrogens is 242 g/mol. The average Bonchev–Trinajstić information content (AvgIpc) is 2.46. The molecule has 0 radical (unpaired) electrons. The summed E-state index contributed by atoms with van der Waals surface area (Å²) >= 11 is 1.67. The minimum atomic E-state index is 0.0553. The van der Waals surface area contributed by atoms with E-state index >= 15 is 0 Å². The minimum absolute atomic E-state index is 0.0553. The third-order valence-corrected chi connectivity index (χ3v) is 3.51. The third kappa shape index (κ3) is 2.74. The Bertz CT molecular complexity index is 549. The molecule has 0 aromatic heterocycles. The molecule has 92 valence electrons. The van der Waals surface area contributed by atoms with Crippen molar-refractivity contribution in [1.29, 1.82) is 0 Å². The topological polar surface area (TPSA) is 29.1 Å². The number of anilines is 1. The maximum Gasteiger partial charge on any atom is 0.193 e. The zero-order valence-corrected chi connectivity index (χ0v) is 11.3. The fourth-order valence-electron chi connectivity index (χ4n) is 1.73. The fraction of sp³-hybridized carbons (Fsp3) is 0.133. The molecule has 0 unspecified atom stereocenters. The van der Waals surface area contributed by atoms with Gasteiger partial charge in [0.25, 0.3) is 0 Å². The van der Waals surface area contributed by atoms with E-state index < -0.39 is 0 Å². The van der Waals surface area contributed by atoms with Crippen LogP contribution in [0.1, 0.15) is 15.9 Å². The Morgan fingerprint density at radius 2 is 1.78 bits per heavy atom. The first-order valence-corrected chi connectivity index (χ1v) is 6.93. The van der Waals surface area contributed by atoms with E-state index in [1.165, 1.54) is 0 Å². The first-order valence-electron chi connectivity index (χ1n) is 5.71. The monoisotopic (exact) mass is 257 g/mol. The molecule has 2 nitrogen and oxygen atoms in total. The van der Waals surface area contributed by atoms with Gasteiger partial charge in [0.15, 0.2) is 5.78 Å². The van der Waals surface area contributed by atoms with Crippen molar-refractivity contribution in [3.05, 3.63) is 59.7 Å². The van der Waals surface area contributed by atoms with Crippen molar-refractivity contribution in [2.24, 2.45) is 0 Å². The van der Waals surface area contributed by atoms with Crippen LogP contribution in [0, 0.1) is 0 Å². The van der Waals surface area contributed by atoms with Crippen LogP contribution in [0.25, 0.3) is 0 Å². The Morgan fingerprint density at radius 1 is 1.06 bits per heavy atom. The molecule has 0 aliphatic carbocycles. The predicted molar refractivity (Wildman–Crippen MR) is 77.6 cm³/mol. The summed E-state index contributed by atoms with van der Waals surface area (Å²) in [6, 6.07) is 15.2. The van der Waals surface area contributed by atoms with Crippen LogP contribution >= 0.6 is 11.8 Å². The first-order chi connectivity index (χ1) is 8.74. The van der Waals surface area contributed by atoms with Gasteiger partial charge in [0, 0.05) is 28.8 Å². The van der Waals surface area contributed by atoms with Crippen LogP contribution in [0.5, 0.6) is 0 Å². The van der Waals surface area contributed by atoms with Gasteiger partial charge in [-0.15, -0.1) is 11.8 Å². The standard InChI is InChI=1S/C15H15NOS/c1-16-13-5-3-4-12(10-13)15(17)11-6-8-14(18-2)9-7-11/h3-10,16H,1-2H3. The van der Waals surface area contributed by atoms with Crippen molar-refractivity contribution >= 4 is 23.2 Å². The van der Waals surface area contributed by atoms with Crippen molar-refractivity contribution in [3.8, 4) is 0 Å². The maximum absolute atomic E-state index is 12.3. The molecule has 2 aromatic rings. The Hall–Kier alpha value is -1.74. The second-order valence-electron chi connectivity index (χ2n) is 3.89. The summed E-state index contributed by atoms with van der Waals surface area (Å²) in [5.41, 5.74) is 2.38. The highest BCUT2D eigenvalue weighted by atomic mass is 32.2. The predicted octanol–water partition coefficient (Wildman–Crippen LogP) is 3.68. The van der Waals surface area contributed by atoms with E-state index in [0.29, 0.717) is 5.56 Å². The minimum Gasteiger partial charge on any atom is -0.388 e. The average molecular weight is 257 g/mol. The molecule has 0 heterocycles. The molecule has 0 amide bonds. The molecule has 3 heteroatoms. The van der Waals surface area contributed by atoms with Crippen molar-refractivity contribution in [2.45, 2.75) is 4.90 Å². The van der Waals surface area contributed by atoms with Crippen molar-refractivity contribution in [3.63, 3.8) is 0 Å². The molecule has 0 fully saturated rings. The van der Waals surface area contributed by atoms with Gasteiger partial charge in [-0.2, -0.15) is 0 Å². The van der Waals surface area contributed by atoms with Gasteiger partial charge >= 0.3 is 0 Å². The van der Waals surface area contributed by atoms with Gasteiger partial charge in [-0.3, -0.25) is 4.79 Å². The van der Waals surface area contributed by atoms with Gasteiger partial charge in [-0.05, 0) is 42.7 Å². The summed E-state index contributed by atoms with van der Waals surface area (Å²) in [6.07, 6.45) is 2.02. The molecule has 0 aliphatic heterocycles. The molecule has 0 saturated heterocycles. The summed E-state index contributed by atoms with van der Waals surface area (Å²) in [7, 11) is 1.84. The van der Waals surface area contributed by atoms with Crippen LogP contribution < -0.4 is 5.32 Å². The van der Waals surface area contributed by atoms with Crippen molar-refractivity contribution in [2.75, 3.05) is 18.6 Å². The second kappa shape index (κ2) is 5.74. The molecule has 0 bridgehead atoms. The maximum atomic E-state index is 12.3. The van der Waals surface area contributed by atoms with Gasteiger partial charge < -0.3 is 5.32 Å². The Morgan fingerprint density at radius 3 is 2.39 bits per heavy atom. The smallest absolute Gasteiger partial charge is 0.193 e. The summed E-state index contributed by atoms with van der Waals surface area (Å²) in [6.45, 7) is 0. The number of carbonyl (C=O) groups excluding carboxylic acids is 1. The van der Waals surface area contributed by atoms with Gasteiger partial charge in [0.2, 0.25) is 0 Å².